The molecule has 0 bridgehead atoms. The highest BCUT2D eigenvalue weighted by Gasteiger charge is 2.11. The third-order valence-corrected chi connectivity index (χ3v) is 2.96. The molecule has 0 fully saturated rings. The monoisotopic (exact) mass is 487 g/mol. The second-order valence-corrected chi connectivity index (χ2v) is 4.98. The van der Waals surface area contributed by atoms with Gasteiger partial charge in [-0.2, -0.15) is 0 Å². The van der Waals surface area contributed by atoms with E-state index in [9.17, 15) is 9.59 Å². The van der Waals surface area contributed by atoms with Gasteiger partial charge >= 0.3 is 0 Å². The highest BCUT2D eigenvalue weighted by Crippen LogP contribution is 2.01. The van der Waals surface area contributed by atoms with E-state index in [0.717, 1.165) is 16.2 Å². The van der Waals surface area contributed by atoms with Gasteiger partial charge in [0.25, 0.3) is 5.91 Å². The summed E-state index contributed by atoms with van der Waals surface area (Å²) >= 11 is 0. The van der Waals surface area contributed by atoms with Gasteiger partial charge in [0.2, 0.25) is 0 Å². The summed E-state index contributed by atoms with van der Waals surface area (Å²) in [5.74, 6) is -0.234. The number of aryl methyl sites for hydroxylation is 2. The largest absolute Gasteiger partial charge is 0.295 e. The van der Waals surface area contributed by atoms with Gasteiger partial charge < -0.3 is 0 Å². The predicted octanol–water partition coefficient (Wildman–Crippen LogP) is 6.99. The number of Topliss-reactive ketones (excluding diaryl/α,β-unsaturated/α-hetero) is 1. The first-order chi connectivity index (χ1) is 15.8. The van der Waals surface area contributed by atoms with Crippen LogP contribution in [0.1, 0.15) is 108 Å². The lowest BCUT2D eigenvalue weighted by Crippen LogP contribution is -2.26. The van der Waals surface area contributed by atoms with Crippen LogP contribution in [0.5, 0.6) is 0 Å². The van der Waals surface area contributed by atoms with E-state index in [1.54, 1.807) is 31.6 Å². The molecule has 2 aromatic rings. The van der Waals surface area contributed by atoms with Crippen molar-refractivity contribution in [2.45, 2.75) is 90.0 Å². The number of hydrogen-bond donors (Lipinski definition) is 0. The van der Waals surface area contributed by atoms with Crippen LogP contribution in [0.15, 0.2) is 36.7 Å². The fourth-order valence-corrected chi connectivity index (χ4v) is 1.51. The number of nitrogens with zero attached hydrogens (tertiary/aromatic N) is 3. The van der Waals surface area contributed by atoms with Gasteiger partial charge in [0.05, 0.1) is 7.11 Å². The van der Waals surface area contributed by atoms with Crippen molar-refractivity contribution in [3.05, 3.63) is 59.2 Å². The molecule has 0 unspecified atom stereocenters. The van der Waals surface area contributed by atoms with Crippen molar-refractivity contribution in [3.8, 4) is 0 Å². The maximum absolute atomic E-state index is 11.4. The SMILES string of the molecule is CC.CC.CC.CC.CC.CC(=O)c1ccc(C)cn1.CON(C)C(=O)c1ccc(C)cn1.[B].[B]. The molecular formula is C27H51B2N3O3. The number of hydroxylamine groups is 2. The molecule has 6 radical (unpaired) electrons. The molecule has 0 atom stereocenters. The Bertz CT molecular complexity index is 666. The first-order valence-electron chi connectivity index (χ1n) is 12.0. The Kier molecular flexibility index (Phi) is 55.0. The molecule has 2 heterocycles. The van der Waals surface area contributed by atoms with Crippen molar-refractivity contribution in [2.24, 2.45) is 0 Å². The molecule has 198 valence electrons. The average molecular weight is 487 g/mol. The summed E-state index contributed by atoms with van der Waals surface area (Å²) in [6.45, 7) is 25.4. The second-order valence-electron chi connectivity index (χ2n) is 4.98. The zero-order valence-corrected chi connectivity index (χ0v) is 25.2. The number of carbonyl (C=O) groups excluding carboxylic acids is 2. The molecule has 0 N–H and O–H groups in total. The molecule has 0 saturated heterocycles. The highest BCUT2D eigenvalue weighted by molar-refractivity contribution is 5.92. The van der Waals surface area contributed by atoms with Gasteiger partial charge in [-0.1, -0.05) is 81.4 Å². The maximum Gasteiger partial charge on any atom is 0.295 e. The van der Waals surface area contributed by atoms with Gasteiger partial charge in [-0.25, -0.2) is 5.06 Å². The van der Waals surface area contributed by atoms with Crippen LogP contribution in [-0.2, 0) is 4.84 Å². The van der Waals surface area contributed by atoms with Crippen molar-refractivity contribution in [3.63, 3.8) is 0 Å². The molecule has 2 rings (SSSR count). The molecule has 0 aliphatic carbocycles. The minimum atomic E-state index is -0.248. The van der Waals surface area contributed by atoms with Crippen LogP contribution in [-0.4, -0.2) is 57.7 Å². The van der Waals surface area contributed by atoms with Crippen LogP contribution in [0, 0.1) is 13.8 Å². The van der Waals surface area contributed by atoms with Crippen LogP contribution in [0.3, 0.4) is 0 Å². The van der Waals surface area contributed by atoms with Crippen molar-refractivity contribution in [1.29, 1.82) is 0 Å². The molecular weight excluding hydrogens is 436 g/mol. The lowest BCUT2D eigenvalue weighted by Gasteiger charge is -2.12. The molecule has 2 aromatic heterocycles. The molecule has 35 heavy (non-hydrogen) atoms. The fraction of sp³-hybridized carbons (Fsp3) is 0.556. The first-order valence-corrected chi connectivity index (χ1v) is 12.0. The summed E-state index contributed by atoms with van der Waals surface area (Å²) in [6, 6.07) is 7.12. The molecule has 0 spiro atoms. The number of ketones is 1. The van der Waals surface area contributed by atoms with E-state index >= 15 is 0 Å². The zero-order valence-electron chi connectivity index (χ0n) is 25.2. The van der Waals surface area contributed by atoms with E-state index in [4.69, 9.17) is 4.84 Å². The van der Waals surface area contributed by atoms with E-state index in [1.165, 1.54) is 14.0 Å². The standard InChI is InChI=1S/C9H12N2O2.C8H9NO.5C2H6.2B/c1-7-4-5-8(10-6-7)9(12)11(2)13-3;1-6-3-4-8(7(2)10)9-5-6;5*1-2;;/h4-6H,1-3H3;3-5H,1-2H3;5*1-2H3;;. The van der Waals surface area contributed by atoms with Gasteiger partial charge in [0.1, 0.15) is 11.4 Å². The average Bonchev–Trinajstić information content (AvgIpc) is 2.90. The van der Waals surface area contributed by atoms with E-state index in [-0.39, 0.29) is 28.5 Å². The Morgan fingerprint density at radius 1 is 0.686 bits per heavy atom. The lowest BCUT2D eigenvalue weighted by molar-refractivity contribution is -0.0760. The number of hydrogen-bond acceptors (Lipinski definition) is 5. The van der Waals surface area contributed by atoms with Gasteiger partial charge in [0, 0.05) is 43.2 Å². The quantitative estimate of drug-likeness (QED) is 0.265. The van der Waals surface area contributed by atoms with E-state index in [2.05, 4.69) is 9.97 Å². The smallest absolute Gasteiger partial charge is 0.293 e. The van der Waals surface area contributed by atoms with Crippen molar-refractivity contribution in [1.82, 2.24) is 15.0 Å². The molecule has 0 aromatic carbocycles. The molecule has 6 nitrogen and oxygen atoms in total. The molecule has 0 aliphatic rings. The minimum absolute atomic E-state index is 0. The van der Waals surface area contributed by atoms with Gasteiger partial charge in [-0.3, -0.25) is 24.4 Å². The zero-order chi connectivity index (χ0) is 27.4. The van der Waals surface area contributed by atoms with Crippen LogP contribution in [0.25, 0.3) is 0 Å². The molecule has 0 aliphatic heterocycles. The fourth-order valence-electron chi connectivity index (χ4n) is 1.51. The Morgan fingerprint density at radius 2 is 1.00 bits per heavy atom. The molecule has 8 heteroatoms. The molecule has 0 saturated carbocycles. The van der Waals surface area contributed by atoms with Crippen LogP contribution in [0.2, 0.25) is 0 Å². The third kappa shape index (κ3) is 27.7. The Labute approximate surface area is 221 Å². The Balaban J connectivity index is -0.0000000640. The number of pyridine rings is 2. The lowest BCUT2D eigenvalue weighted by atomic mass is 10.2. The summed E-state index contributed by atoms with van der Waals surface area (Å²) in [7, 11) is 2.98. The van der Waals surface area contributed by atoms with Crippen molar-refractivity contribution < 1.29 is 14.4 Å². The van der Waals surface area contributed by atoms with E-state index in [1.807, 2.05) is 95.2 Å². The number of rotatable bonds is 3. The van der Waals surface area contributed by atoms with Gasteiger partial charge in [0.15, 0.2) is 5.78 Å². The van der Waals surface area contributed by atoms with Crippen LogP contribution < -0.4 is 0 Å². The number of amides is 1. The summed E-state index contributed by atoms with van der Waals surface area (Å²) < 4.78 is 0. The predicted molar refractivity (Wildman–Crippen MR) is 155 cm³/mol. The topological polar surface area (TPSA) is 72.4 Å². The normalized spacial score (nSPS) is 7.17. The third-order valence-electron chi connectivity index (χ3n) is 2.96. The Morgan fingerprint density at radius 3 is 1.23 bits per heavy atom. The van der Waals surface area contributed by atoms with Gasteiger partial charge in [-0.05, 0) is 37.1 Å². The van der Waals surface area contributed by atoms with Crippen molar-refractivity contribution >= 4 is 28.5 Å². The summed E-state index contributed by atoms with van der Waals surface area (Å²) in [5, 5.41) is 1.14. The van der Waals surface area contributed by atoms with E-state index in [0.29, 0.717) is 11.4 Å². The number of aromatic nitrogens is 2. The van der Waals surface area contributed by atoms with Crippen LogP contribution in [0.4, 0.5) is 0 Å². The Hall–Kier alpha value is -2.47. The second kappa shape index (κ2) is 38.8. The maximum atomic E-state index is 11.4. The van der Waals surface area contributed by atoms with Crippen LogP contribution >= 0.6 is 0 Å². The first kappa shape index (κ1) is 49.6. The van der Waals surface area contributed by atoms with Gasteiger partial charge in [-0.15, -0.1) is 0 Å². The summed E-state index contributed by atoms with van der Waals surface area (Å²) in [4.78, 5) is 34.8. The summed E-state index contributed by atoms with van der Waals surface area (Å²) in [6.07, 6.45) is 3.34. The minimum Gasteiger partial charge on any atom is -0.293 e. The summed E-state index contributed by atoms with van der Waals surface area (Å²) in [5.41, 5.74) is 3.02. The molecule has 1 amide bonds. The highest BCUT2D eigenvalue weighted by atomic mass is 16.7. The number of carbonyl (C=O) groups is 2. The van der Waals surface area contributed by atoms with Crippen molar-refractivity contribution in [2.75, 3.05) is 14.2 Å². The van der Waals surface area contributed by atoms with E-state index < -0.39 is 0 Å².